The van der Waals surface area contributed by atoms with Crippen LogP contribution in [0.5, 0.6) is 0 Å². The van der Waals surface area contributed by atoms with Gasteiger partial charge in [-0.2, -0.15) is 15.0 Å². The van der Waals surface area contributed by atoms with Crippen LogP contribution in [0, 0.1) is 0 Å². The molecule has 0 aromatic carbocycles. The van der Waals surface area contributed by atoms with Gasteiger partial charge in [0, 0.05) is 6.20 Å². The molecule has 0 radical (unpaired) electrons. The molecule has 6 N–H and O–H groups in total. The van der Waals surface area contributed by atoms with Gasteiger partial charge in [-0.3, -0.25) is 9.69 Å². The normalized spacial score (nSPS) is 17.0. The Kier molecular flexibility index (Phi) is 4.03. The van der Waals surface area contributed by atoms with Crippen molar-refractivity contribution in [2.75, 3.05) is 17.2 Å². The summed E-state index contributed by atoms with van der Waals surface area (Å²) in [6.45, 7) is 1.80. The summed E-state index contributed by atoms with van der Waals surface area (Å²) in [7, 11) is 0. The molecule has 1 aromatic heterocycles. The van der Waals surface area contributed by atoms with Crippen molar-refractivity contribution in [2.45, 2.75) is 13.2 Å². The van der Waals surface area contributed by atoms with Crippen molar-refractivity contribution in [2.24, 2.45) is 0 Å². The first-order chi connectivity index (χ1) is 8.02. The molecule has 1 amide bonds. The molecule has 1 aliphatic rings. The largest absolute Gasteiger partial charge is 0.476 e. The third-order valence-corrected chi connectivity index (χ3v) is 1.74. The van der Waals surface area contributed by atoms with Crippen molar-refractivity contribution < 1.29 is 9.53 Å². The lowest BCUT2D eigenvalue weighted by Crippen LogP contribution is -2.22. The SMILES string of the molecule is CC1OC=CN1C=O.Nc1nc(N)nc(N)n1. The van der Waals surface area contributed by atoms with Crippen molar-refractivity contribution in [3.05, 3.63) is 12.5 Å². The molecule has 1 unspecified atom stereocenters. The van der Waals surface area contributed by atoms with Crippen LogP contribution in [0.25, 0.3) is 0 Å². The van der Waals surface area contributed by atoms with Crippen molar-refractivity contribution >= 4 is 24.3 Å². The van der Waals surface area contributed by atoms with Crippen LogP contribution in [-0.4, -0.2) is 32.5 Å². The van der Waals surface area contributed by atoms with Crippen LogP contribution in [0.3, 0.4) is 0 Å². The van der Waals surface area contributed by atoms with E-state index in [4.69, 9.17) is 21.9 Å². The Labute approximate surface area is 97.3 Å². The fraction of sp³-hybridized carbons (Fsp3) is 0.250. The van der Waals surface area contributed by atoms with E-state index in [-0.39, 0.29) is 24.1 Å². The number of ether oxygens (including phenoxy) is 1. The van der Waals surface area contributed by atoms with Gasteiger partial charge in [0.1, 0.15) is 6.26 Å². The molecule has 9 nitrogen and oxygen atoms in total. The number of hydrogen-bond donors (Lipinski definition) is 3. The molecular weight excluding hydrogens is 226 g/mol. The first-order valence-corrected chi connectivity index (χ1v) is 4.60. The summed E-state index contributed by atoms with van der Waals surface area (Å²) in [5, 5.41) is 0. The van der Waals surface area contributed by atoms with Crippen LogP contribution in [0.2, 0.25) is 0 Å². The molecule has 1 atom stereocenters. The Bertz CT molecular complexity index is 372. The summed E-state index contributed by atoms with van der Waals surface area (Å²) in [5.41, 5.74) is 15.4. The van der Waals surface area contributed by atoms with Crippen molar-refractivity contribution in [3.8, 4) is 0 Å². The molecule has 9 heteroatoms. The van der Waals surface area contributed by atoms with Gasteiger partial charge in [-0.15, -0.1) is 0 Å². The number of carbonyl (C=O) groups excluding carboxylic acids is 1. The van der Waals surface area contributed by atoms with Gasteiger partial charge in [-0.1, -0.05) is 0 Å². The van der Waals surface area contributed by atoms with E-state index in [2.05, 4.69) is 15.0 Å². The number of carbonyl (C=O) groups is 1. The number of anilines is 3. The second-order valence-corrected chi connectivity index (χ2v) is 2.98. The molecule has 2 rings (SSSR count). The van der Waals surface area contributed by atoms with Gasteiger partial charge in [0.25, 0.3) is 0 Å². The van der Waals surface area contributed by atoms with Crippen LogP contribution < -0.4 is 17.2 Å². The van der Waals surface area contributed by atoms with E-state index < -0.39 is 0 Å². The molecule has 92 valence electrons. The van der Waals surface area contributed by atoms with E-state index in [1.54, 1.807) is 13.1 Å². The number of nitrogens with zero attached hydrogens (tertiary/aromatic N) is 4. The number of aromatic nitrogens is 3. The number of nitrogens with two attached hydrogens (primary N) is 3. The Balaban J connectivity index is 0.000000171. The molecule has 0 saturated heterocycles. The van der Waals surface area contributed by atoms with Crippen molar-refractivity contribution in [1.29, 1.82) is 0 Å². The fourth-order valence-electron chi connectivity index (χ4n) is 0.959. The van der Waals surface area contributed by atoms with E-state index in [1.807, 2.05) is 0 Å². The molecule has 2 heterocycles. The Morgan fingerprint density at radius 1 is 1.24 bits per heavy atom. The summed E-state index contributed by atoms with van der Waals surface area (Å²) in [6.07, 6.45) is 3.71. The molecule has 1 aromatic rings. The van der Waals surface area contributed by atoms with E-state index in [0.717, 1.165) is 6.41 Å². The highest BCUT2D eigenvalue weighted by atomic mass is 16.5. The van der Waals surface area contributed by atoms with Crippen molar-refractivity contribution in [1.82, 2.24) is 19.9 Å². The maximum Gasteiger partial charge on any atom is 0.226 e. The average Bonchev–Trinajstić information content (AvgIpc) is 2.62. The summed E-state index contributed by atoms with van der Waals surface area (Å²) in [6, 6.07) is 0. The highest BCUT2D eigenvalue weighted by Gasteiger charge is 2.12. The standard InChI is InChI=1S/C5H7NO2.C3H6N6/c1-5-6(4-7)2-3-8-5;4-1-7-2(5)9-3(6)8-1/h2-5H,1H3;(H6,4,5,6,7,8,9). The van der Waals surface area contributed by atoms with E-state index >= 15 is 0 Å². The quantitative estimate of drug-likeness (QED) is 0.524. The predicted octanol–water partition coefficient (Wildman–Crippen LogP) is -1.09. The summed E-state index contributed by atoms with van der Waals surface area (Å²) in [4.78, 5) is 21.9. The maximum absolute atomic E-state index is 10.0. The van der Waals surface area contributed by atoms with Crippen LogP contribution >= 0.6 is 0 Å². The average molecular weight is 239 g/mol. The molecule has 0 saturated carbocycles. The fourth-order valence-corrected chi connectivity index (χ4v) is 0.959. The molecule has 0 aliphatic carbocycles. The number of nitrogen functional groups attached to an aromatic ring is 3. The van der Waals surface area contributed by atoms with Gasteiger partial charge < -0.3 is 21.9 Å². The Morgan fingerprint density at radius 3 is 1.94 bits per heavy atom. The highest BCUT2D eigenvalue weighted by molar-refractivity contribution is 5.49. The minimum atomic E-state index is -0.118. The van der Waals surface area contributed by atoms with Crippen LogP contribution in [-0.2, 0) is 9.53 Å². The van der Waals surface area contributed by atoms with Crippen LogP contribution in [0.15, 0.2) is 12.5 Å². The van der Waals surface area contributed by atoms with E-state index in [0.29, 0.717) is 0 Å². The summed E-state index contributed by atoms with van der Waals surface area (Å²) < 4.78 is 4.87. The van der Waals surface area contributed by atoms with E-state index in [1.165, 1.54) is 11.2 Å². The highest BCUT2D eigenvalue weighted by Crippen LogP contribution is 2.05. The van der Waals surface area contributed by atoms with Gasteiger partial charge in [0.2, 0.25) is 24.3 Å². The second-order valence-electron chi connectivity index (χ2n) is 2.98. The Morgan fingerprint density at radius 2 is 1.71 bits per heavy atom. The second kappa shape index (κ2) is 5.49. The Hall–Kier alpha value is -2.58. The zero-order valence-corrected chi connectivity index (χ0v) is 9.15. The van der Waals surface area contributed by atoms with Crippen LogP contribution in [0.4, 0.5) is 17.8 Å². The molecular formula is C8H13N7O2. The van der Waals surface area contributed by atoms with Gasteiger partial charge in [0.15, 0.2) is 6.23 Å². The third kappa shape index (κ3) is 3.81. The van der Waals surface area contributed by atoms with Gasteiger partial charge in [-0.25, -0.2) is 0 Å². The number of hydrogen-bond acceptors (Lipinski definition) is 8. The molecule has 0 spiro atoms. The minimum Gasteiger partial charge on any atom is -0.476 e. The number of rotatable bonds is 1. The summed E-state index contributed by atoms with van der Waals surface area (Å²) >= 11 is 0. The van der Waals surface area contributed by atoms with Crippen molar-refractivity contribution in [3.63, 3.8) is 0 Å². The third-order valence-electron chi connectivity index (χ3n) is 1.74. The molecule has 17 heavy (non-hydrogen) atoms. The smallest absolute Gasteiger partial charge is 0.226 e. The van der Waals surface area contributed by atoms with Gasteiger partial charge in [0.05, 0.1) is 0 Å². The lowest BCUT2D eigenvalue weighted by atomic mass is 10.6. The zero-order valence-electron chi connectivity index (χ0n) is 9.15. The minimum absolute atomic E-state index is 0.0417. The van der Waals surface area contributed by atoms with Gasteiger partial charge >= 0.3 is 0 Å². The first kappa shape index (κ1) is 12.5. The monoisotopic (exact) mass is 239 g/mol. The zero-order chi connectivity index (χ0) is 12.8. The predicted molar refractivity (Wildman–Crippen MR) is 60.7 cm³/mol. The lowest BCUT2D eigenvalue weighted by molar-refractivity contribution is -0.120. The first-order valence-electron chi connectivity index (χ1n) is 4.60. The van der Waals surface area contributed by atoms with Crippen LogP contribution in [0.1, 0.15) is 6.92 Å². The molecule has 0 fully saturated rings. The lowest BCUT2D eigenvalue weighted by Gasteiger charge is -2.11. The summed E-state index contributed by atoms with van der Waals surface area (Å²) in [5.74, 6) is 0.125. The molecule has 0 bridgehead atoms. The topological polar surface area (TPSA) is 146 Å². The number of amides is 1. The van der Waals surface area contributed by atoms with Gasteiger partial charge in [-0.05, 0) is 6.92 Å². The maximum atomic E-state index is 10.0. The molecule has 1 aliphatic heterocycles. The van der Waals surface area contributed by atoms with E-state index in [9.17, 15) is 4.79 Å².